The van der Waals surface area contributed by atoms with Gasteiger partial charge in [0, 0.05) is 23.9 Å². The lowest BCUT2D eigenvalue weighted by Crippen LogP contribution is -2.70. The number of fused-ring (bicyclic) bond motifs is 7. The normalized spacial score (nSPS) is 56.1. The van der Waals surface area contributed by atoms with Crippen LogP contribution in [0, 0.1) is 50.2 Å². The van der Waals surface area contributed by atoms with Gasteiger partial charge < -0.3 is 69.6 Å². The zero-order valence-electron chi connectivity index (χ0n) is 35.2. The molecular weight excluding hydrogens is 740 g/mol. The minimum atomic E-state index is -1.74. The molecule has 0 radical (unpaired) electrons. The van der Waals surface area contributed by atoms with Crippen LogP contribution in [0.5, 0.6) is 0 Å². The van der Waals surface area contributed by atoms with Gasteiger partial charge in [0.15, 0.2) is 12.6 Å². The van der Waals surface area contributed by atoms with Crippen molar-refractivity contribution >= 4 is 0 Å². The van der Waals surface area contributed by atoms with Crippen molar-refractivity contribution in [1.82, 2.24) is 0 Å². The van der Waals surface area contributed by atoms with Crippen LogP contribution in [-0.4, -0.2) is 153 Å². The van der Waals surface area contributed by atoms with E-state index in [1.807, 2.05) is 6.92 Å². The Hall–Kier alpha value is -0.820. The summed E-state index contributed by atoms with van der Waals surface area (Å²) in [6.45, 7) is 14.4. The first-order valence-electron chi connectivity index (χ1n) is 21.4. The Morgan fingerprint density at radius 3 is 2.05 bits per heavy atom. The van der Waals surface area contributed by atoms with Gasteiger partial charge in [-0.05, 0) is 91.8 Å². The number of methoxy groups -OCH3 is 1. The molecule has 2 saturated heterocycles. The minimum Gasteiger partial charge on any atom is -0.396 e. The third kappa shape index (κ3) is 6.48. The largest absolute Gasteiger partial charge is 0.396 e. The SMILES string of the molecule is COC1C=C2C3CC(C)(C)CC[C@@]3(CO)[C@@H](O)C[C@]2(C)[C@@]2(C)CCC3[C@@](C)(CC[C@@H](O[C@H]4O[C@@H](C)[C@@H](O)[C@@H](O[C@H]5O[C@@H](CO)[C@H](O)[C@@H](O)[C@@H]5O)[C@@H]4O)[C@]3(C)CO)C12. The summed E-state index contributed by atoms with van der Waals surface area (Å²) in [5, 5.41) is 98.1. The zero-order valence-corrected chi connectivity index (χ0v) is 35.2. The molecule has 4 saturated carbocycles. The van der Waals surface area contributed by atoms with Crippen LogP contribution in [0.1, 0.15) is 99.8 Å². The first-order chi connectivity index (χ1) is 26.6. The second kappa shape index (κ2) is 15.2. The van der Waals surface area contributed by atoms with Crippen LogP contribution < -0.4 is 0 Å². The molecule has 0 aromatic heterocycles. The van der Waals surface area contributed by atoms with E-state index in [2.05, 4.69) is 40.7 Å². The highest BCUT2D eigenvalue weighted by Crippen LogP contribution is 2.76. The van der Waals surface area contributed by atoms with Crippen molar-refractivity contribution in [2.24, 2.45) is 50.2 Å². The van der Waals surface area contributed by atoms with E-state index in [4.69, 9.17) is 23.7 Å². The summed E-state index contributed by atoms with van der Waals surface area (Å²) in [4.78, 5) is 0. The Morgan fingerprint density at radius 1 is 0.737 bits per heavy atom. The van der Waals surface area contributed by atoms with Gasteiger partial charge in [-0.1, -0.05) is 53.2 Å². The lowest BCUT2D eigenvalue weighted by Gasteiger charge is -2.73. The molecule has 5 aliphatic carbocycles. The summed E-state index contributed by atoms with van der Waals surface area (Å²) in [7, 11) is 1.78. The van der Waals surface area contributed by atoms with Gasteiger partial charge in [0.05, 0.1) is 44.2 Å². The van der Waals surface area contributed by atoms with Gasteiger partial charge in [-0.3, -0.25) is 0 Å². The Labute approximate surface area is 337 Å². The first kappa shape index (κ1) is 44.2. The van der Waals surface area contributed by atoms with Gasteiger partial charge in [0.25, 0.3) is 0 Å². The molecular formula is C43H72O14. The van der Waals surface area contributed by atoms with E-state index >= 15 is 0 Å². The lowest BCUT2D eigenvalue weighted by molar-refractivity contribution is -0.368. The minimum absolute atomic E-state index is 0.0303. The molecule has 2 heterocycles. The maximum Gasteiger partial charge on any atom is 0.187 e. The molecule has 57 heavy (non-hydrogen) atoms. The molecule has 21 atom stereocenters. The predicted molar refractivity (Wildman–Crippen MR) is 205 cm³/mol. The third-order valence-corrected chi connectivity index (χ3v) is 17.7. The molecule has 0 bridgehead atoms. The van der Waals surface area contributed by atoms with Gasteiger partial charge in [-0.2, -0.15) is 0 Å². The van der Waals surface area contributed by atoms with Gasteiger partial charge in [0.1, 0.15) is 42.7 Å². The van der Waals surface area contributed by atoms with E-state index in [9.17, 15) is 46.0 Å². The summed E-state index contributed by atoms with van der Waals surface area (Å²) in [6.07, 6.45) is -7.49. The van der Waals surface area contributed by atoms with Crippen molar-refractivity contribution in [3.8, 4) is 0 Å². The molecule has 0 aromatic rings. The summed E-state index contributed by atoms with van der Waals surface area (Å²) >= 11 is 0. The van der Waals surface area contributed by atoms with Crippen LogP contribution in [0.15, 0.2) is 11.6 Å². The summed E-state index contributed by atoms with van der Waals surface area (Å²) in [5.41, 5.74) is -0.934. The van der Waals surface area contributed by atoms with Crippen LogP contribution in [0.3, 0.4) is 0 Å². The Bertz CT molecular complexity index is 1490. The summed E-state index contributed by atoms with van der Waals surface area (Å²) in [6, 6.07) is 0. The molecule has 7 rings (SSSR count). The molecule has 2 aliphatic heterocycles. The average molecular weight is 813 g/mol. The Balaban J connectivity index is 1.17. The van der Waals surface area contributed by atoms with Crippen molar-refractivity contribution in [1.29, 1.82) is 0 Å². The molecule has 0 spiro atoms. The van der Waals surface area contributed by atoms with E-state index in [0.29, 0.717) is 12.8 Å². The highest BCUT2D eigenvalue weighted by Gasteiger charge is 2.72. The van der Waals surface area contributed by atoms with Crippen LogP contribution in [0.25, 0.3) is 0 Å². The molecule has 14 heteroatoms. The molecule has 14 nitrogen and oxygen atoms in total. The zero-order chi connectivity index (χ0) is 41.8. The molecule has 0 aromatic carbocycles. The van der Waals surface area contributed by atoms with E-state index in [1.54, 1.807) is 14.0 Å². The Kier molecular flexibility index (Phi) is 11.8. The standard InChI is InChI=1S/C43H72O14/c1-21-29(48)34(57-36-32(51)31(50)30(49)25(18-44)55-36)33(52)37(54-21)56-28-10-11-39(4)26(40(28,5)19-45)9-12-41(6)35(39)24(53-8)15-22-23-16-38(2,3)13-14-43(23,20-46)27(47)17-42(22,41)7/h15,21,23-37,44-52H,9-14,16-20H2,1-8H3/t21-,23?,24?,25-,26?,27-,28+,29+,30-,31+,32-,33-,34+,35?,36+,37+,39+,40+,41-,42-,43-/m0/s1. The Morgan fingerprint density at radius 2 is 1.42 bits per heavy atom. The quantitative estimate of drug-likeness (QED) is 0.125. The van der Waals surface area contributed by atoms with E-state index < -0.39 is 91.1 Å². The monoisotopic (exact) mass is 812 g/mol. The van der Waals surface area contributed by atoms with E-state index in [0.717, 1.165) is 38.5 Å². The number of rotatable bonds is 8. The predicted octanol–water partition coefficient (Wildman–Crippen LogP) is 1.39. The maximum absolute atomic E-state index is 12.1. The summed E-state index contributed by atoms with van der Waals surface area (Å²) < 4.78 is 30.6. The van der Waals surface area contributed by atoms with Gasteiger partial charge >= 0.3 is 0 Å². The maximum atomic E-state index is 12.1. The van der Waals surface area contributed by atoms with Gasteiger partial charge in [-0.15, -0.1) is 0 Å². The van der Waals surface area contributed by atoms with Crippen LogP contribution >= 0.6 is 0 Å². The first-order valence-corrected chi connectivity index (χ1v) is 21.4. The van der Waals surface area contributed by atoms with Gasteiger partial charge in [0.2, 0.25) is 0 Å². The lowest BCUT2D eigenvalue weighted by atomic mass is 9.32. The van der Waals surface area contributed by atoms with Crippen LogP contribution in [0.4, 0.5) is 0 Å². The number of allylic oxidation sites excluding steroid dienone is 1. The highest BCUT2D eigenvalue weighted by molar-refractivity contribution is 5.37. The van der Waals surface area contributed by atoms with E-state index in [1.165, 1.54) is 5.57 Å². The van der Waals surface area contributed by atoms with Crippen LogP contribution in [0.2, 0.25) is 0 Å². The van der Waals surface area contributed by atoms with Crippen molar-refractivity contribution in [2.75, 3.05) is 26.9 Å². The number of aliphatic hydroxyl groups excluding tert-OH is 9. The molecule has 0 amide bonds. The molecule has 9 N–H and O–H groups in total. The van der Waals surface area contributed by atoms with Crippen molar-refractivity contribution < 1.29 is 69.6 Å². The third-order valence-electron chi connectivity index (χ3n) is 17.7. The smallest absolute Gasteiger partial charge is 0.187 e. The van der Waals surface area contributed by atoms with Gasteiger partial charge in [-0.25, -0.2) is 0 Å². The fourth-order valence-corrected chi connectivity index (χ4v) is 14.0. The van der Waals surface area contributed by atoms with Crippen molar-refractivity contribution in [3.05, 3.63) is 11.6 Å². The molecule has 328 valence electrons. The molecule has 6 fully saturated rings. The second-order valence-corrected chi connectivity index (χ2v) is 21.0. The number of ether oxygens (including phenoxy) is 5. The van der Waals surface area contributed by atoms with Crippen molar-refractivity contribution in [2.45, 2.75) is 180 Å². The average Bonchev–Trinajstić information content (AvgIpc) is 3.16. The number of aliphatic hydroxyl groups is 9. The molecule has 7 aliphatic rings. The molecule has 4 unspecified atom stereocenters. The highest BCUT2D eigenvalue weighted by atomic mass is 16.7. The van der Waals surface area contributed by atoms with Crippen LogP contribution in [-0.2, 0) is 23.7 Å². The second-order valence-electron chi connectivity index (χ2n) is 21.0. The van der Waals surface area contributed by atoms with E-state index in [-0.39, 0.29) is 58.7 Å². The summed E-state index contributed by atoms with van der Waals surface area (Å²) in [5.74, 6) is 0.0264. The fourth-order valence-electron chi connectivity index (χ4n) is 14.0. The number of hydrogen-bond acceptors (Lipinski definition) is 14. The fraction of sp³-hybridized carbons (Fsp3) is 0.953. The topological polar surface area (TPSA) is 228 Å². The van der Waals surface area contributed by atoms with Crippen molar-refractivity contribution in [3.63, 3.8) is 0 Å². The number of hydrogen-bond donors (Lipinski definition) is 9.